The first-order valence-electron chi connectivity index (χ1n) is 4.85. The van der Waals surface area contributed by atoms with E-state index in [2.05, 4.69) is 42.3 Å². The van der Waals surface area contributed by atoms with E-state index >= 15 is 0 Å². The first-order valence-corrected chi connectivity index (χ1v) is 6.44. The second-order valence-corrected chi connectivity index (χ2v) is 5.15. The van der Waals surface area contributed by atoms with Gasteiger partial charge in [-0.05, 0) is 47.2 Å². The Hall–Kier alpha value is -0.650. The molecule has 0 bridgehead atoms. The van der Waals surface area contributed by atoms with Gasteiger partial charge < -0.3 is 5.32 Å². The molecule has 3 nitrogen and oxygen atoms in total. The molecule has 0 spiro atoms. The van der Waals surface area contributed by atoms with Crippen molar-refractivity contribution in [3.63, 3.8) is 0 Å². The second-order valence-electron chi connectivity index (χ2n) is 3.38. The van der Waals surface area contributed by atoms with Crippen molar-refractivity contribution in [1.82, 2.24) is 15.1 Å². The Morgan fingerprint density at radius 2 is 2.12 bits per heavy atom. The maximum absolute atomic E-state index is 4.47. The number of nitrogens with zero attached hydrogens (tertiary/aromatic N) is 2. The van der Waals surface area contributed by atoms with E-state index in [1.807, 2.05) is 42.2 Å². The fraction of sp³-hybridized carbons (Fsp3) is 0.182. The molecule has 0 unspecified atom stereocenters. The molecule has 0 amide bonds. The van der Waals surface area contributed by atoms with E-state index in [1.54, 1.807) is 0 Å². The van der Waals surface area contributed by atoms with Crippen molar-refractivity contribution in [2.24, 2.45) is 0 Å². The lowest BCUT2D eigenvalue weighted by molar-refractivity contribution is 0.756. The van der Waals surface area contributed by atoms with Crippen LogP contribution in [-0.2, 0) is 6.54 Å². The summed E-state index contributed by atoms with van der Waals surface area (Å²) in [6.07, 6.45) is 1.96. The molecule has 1 aromatic carbocycles. The van der Waals surface area contributed by atoms with Crippen molar-refractivity contribution in [2.45, 2.75) is 6.54 Å². The van der Waals surface area contributed by atoms with Gasteiger partial charge in [0.25, 0.3) is 0 Å². The smallest absolute Gasteiger partial charge is 0.0788 e. The van der Waals surface area contributed by atoms with E-state index in [0.717, 1.165) is 26.9 Å². The van der Waals surface area contributed by atoms with Crippen LogP contribution < -0.4 is 5.32 Å². The van der Waals surface area contributed by atoms with E-state index in [-0.39, 0.29) is 0 Å². The highest BCUT2D eigenvalue weighted by molar-refractivity contribution is 9.11. The predicted octanol–water partition coefficient (Wildman–Crippen LogP) is 3.12. The molecule has 84 valence electrons. The Balaban J connectivity index is 2.35. The van der Waals surface area contributed by atoms with Gasteiger partial charge in [-0.2, -0.15) is 5.10 Å². The third kappa shape index (κ3) is 2.53. The van der Waals surface area contributed by atoms with Crippen LogP contribution in [0.5, 0.6) is 0 Å². The van der Waals surface area contributed by atoms with Gasteiger partial charge in [0.15, 0.2) is 0 Å². The van der Waals surface area contributed by atoms with Gasteiger partial charge in [-0.25, -0.2) is 4.68 Å². The molecule has 1 aromatic heterocycles. The Bertz CT molecular complexity index is 494. The molecular weight excluding hydrogens is 334 g/mol. The number of hydrogen-bond acceptors (Lipinski definition) is 2. The quantitative estimate of drug-likeness (QED) is 0.927. The Kier molecular flexibility index (Phi) is 3.78. The maximum Gasteiger partial charge on any atom is 0.0788 e. The molecule has 2 rings (SSSR count). The first kappa shape index (κ1) is 11.8. The third-order valence-electron chi connectivity index (χ3n) is 2.16. The normalized spacial score (nSPS) is 10.7. The number of halogens is 2. The van der Waals surface area contributed by atoms with Crippen molar-refractivity contribution in [3.05, 3.63) is 45.1 Å². The van der Waals surface area contributed by atoms with Gasteiger partial charge in [-0.15, -0.1) is 0 Å². The molecule has 1 heterocycles. The van der Waals surface area contributed by atoms with Gasteiger partial charge in [0.2, 0.25) is 0 Å². The predicted molar refractivity (Wildman–Crippen MR) is 71.7 cm³/mol. The average molecular weight is 345 g/mol. The van der Waals surface area contributed by atoms with E-state index in [4.69, 9.17) is 0 Å². The summed E-state index contributed by atoms with van der Waals surface area (Å²) in [4.78, 5) is 0. The van der Waals surface area contributed by atoms with E-state index in [9.17, 15) is 0 Å². The summed E-state index contributed by atoms with van der Waals surface area (Å²) in [5.41, 5.74) is 2.06. The number of hydrogen-bond donors (Lipinski definition) is 1. The summed E-state index contributed by atoms with van der Waals surface area (Å²) < 4.78 is 3.93. The van der Waals surface area contributed by atoms with Crippen LogP contribution >= 0.6 is 31.9 Å². The molecule has 0 atom stereocenters. The molecule has 5 heteroatoms. The lowest BCUT2D eigenvalue weighted by Gasteiger charge is -2.04. The summed E-state index contributed by atoms with van der Waals surface area (Å²) in [6.45, 7) is 0.779. The zero-order valence-electron chi connectivity index (χ0n) is 8.74. The SMILES string of the molecule is CNCc1ccn(-c2ccc(Br)cc2Br)n1. The molecule has 1 N–H and O–H groups in total. The Morgan fingerprint density at radius 1 is 1.31 bits per heavy atom. The molecule has 0 aliphatic heterocycles. The van der Waals surface area contributed by atoms with Gasteiger partial charge in [0.1, 0.15) is 0 Å². The van der Waals surface area contributed by atoms with Gasteiger partial charge in [-0.3, -0.25) is 0 Å². The number of aromatic nitrogens is 2. The number of nitrogens with one attached hydrogen (secondary N) is 1. The van der Waals surface area contributed by atoms with Crippen LogP contribution in [0.15, 0.2) is 39.4 Å². The summed E-state index contributed by atoms with van der Waals surface area (Å²) in [7, 11) is 1.91. The fourth-order valence-corrected chi connectivity index (χ4v) is 2.67. The standard InChI is InChI=1S/C11H11Br2N3/c1-14-7-9-4-5-16(15-9)11-3-2-8(12)6-10(11)13/h2-6,14H,7H2,1H3. The monoisotopic (exact) mass is 343 g/mol. The zero-order chi connectivity index (χ0) is 11.5. The summed E-state index contributed by atoms with van der Waals surface area (Å²) in [5, 5.41) is 7.55. The van der Waals surface area contributed by atoms with Crippen molar-refractivity contribution < 1.29 is 0 Å². The van der Waals surface area contributed by atoms with Crippen LogP contribution in [0.25, 0.3) is 5.69 Å². The minimum atomic E-state index is 0.779. The van der Waals surface area contributed by atoms with Gasteiger partial charge in [-0.1, -0.05) is 15.9 Å². The lowest BCUT2D eigenvalue weighted by Crippen LogP contribution is -2.06. The second kappa shape index (κ2) is 5.12. The molecule has 0 saturated heterocycles. The van der Waals surface area contributed by atoms with Crippen LogP contribution in [-0.4, -0.2) is 16.8 Å². The fourth-order valence-electron chi connectivity index (χ4n) is 1.44. The molecule has 2 aromatic rings. The molecule has 0 radical (unpaired) electrons. The van der Waals surface area contributed by atoms with Crippen molar-refractivity contribution in [1.29, 1.82) is 0 Å². The Labute approximate surface area is 111 Å². The Morgan fingerprint density at radius 3 is 2.81 bits per heavy atom. The van der Waals surface area contributed by atoms with Crippen molar-refractivity contribution in [3.8, 4) is 5.69 Å². The number of rotatable bonds is 3. The molecule has 0 aliphatic carbocycles. The molecule has 0 aliphatic rings. The maximum atomic E-state index is 4.47. The van der Waals surface area contributed by atoms with Crippen molar-refractivity contribution in [2.75, 3.05) is 7.05 Å². The van der Waals surface area contributed by atoms with E-state index < -0.39 is 0 Å². The minimum absolute atomic E-state index is 0.779. The summed E-state index contributed by atoms with van der Waals surface area (Å²) in [5.74, 6) is 0. The zero-order valence-corrected chi connectivity index (χ0v) is 11.9. The largest absolute Gasteiger partial charge is 0.314 e. The van der Waals surface area contributed by atoms with Crippen LogP contribution in [0.1, 0.15) is 5.69 Å². The topological polar surface area (TPSA) is 29.9 Å². The van der Waals surface area contributed by atoms with Crippen molar-refractivity contribution >= 4 is 31.9 Å². The highest BCUT2D eigenvalue weighted by atomic mass is 79.9. The molecule has 16 heavy (non-hydrogen) atoms. The van der Waals surface area contributed by atoms with Crippen LogP contribution in [0.3, 0.4) is 0 Å². The van der Waals surface area contributed by atoms with Gasteiger partial charge in [0, 0.05) is 21.7 Å². The van der Waals surface area contributed by atoms with Gasteiger partial charge >= 0.3 is 0 Å². The molecule has 0 fully saturated rings. The highest BCUT2D eigenvalue weighted by Crippen LogP contribution is 2.24. The number of benzene rings is 1. The molecule has 0 saturated carbocycles. The summed E-state index contributed by atoms with van der Waals surface area (Å²) >= 11 is 6.95. The van der Waals surface area contributed by atoms with Gasteiger partial charge in [0.05, 0.1) is 11.4 Å². The first-order chi connectivity index (χ1) is 7.70. The van der Waals surface area contributed by atoms with E-state index in [0.29, 0.717) is 0 Å². The third-order valence-corrected chi connectivity index (χ3v) is 3.29. The van der Waals surface area contributed by atoms with Crippen LogP contribution in [0.2, 0.25) is 0 Å². The van der Waals surface area contributed by atoms with Crippen LogP contribution in [0.4, 0.5) is 0 Å². The molecular formula is C11H11Br2N3. The van der Waals surface area contributed by atoms with E-state index in [1.165, 1.54) is 0 Å². The van der Waals surface area contributed by atoms with Crippen LogP contribution in [0, 0.1) is 0 Å². The lowest BCUT2D eigenvalue weighted by atomic mass is 10.3. The highest BCUT2D eigenvalue weighted by Gasteiger charge is 2.04. The summed E-state index contributed by atoms with van der Waals surface area (Å²) in [6, 6.07) is 8.03. The average Bonchev–Trinajstić information content (AvgIpc) is 2.67. The minimum Gasteiger partial charge on any atom is -0.314 e.